The van der Waals surface area contributed by atoms with E-state index in [0.29, 0.717) is 25.7 Å². The molecule has 0 aromatic heterocycles. The molecule has 0 aromatic rings. The van der Waals surface area contributed by atoms with Gasteiger partial charge in [-0.25, -0.2) is 9.13 Å². The SMILES string of the molecule is CCCCCCCCCCCCC(=O)O[C@H](COC(=O)CCCCCCCCCC)COP(=O)(O)OC[C@H](O)COP(=O)(O)OC[C@@H](COC(=O)CCCCCCCCCCC(C)C)OC(=O)CCCCCCCCCCCCCCCCCCCCC(C)C. The molecule has 0 aliphatic heterocycles. The predicted molar refractivity (Wildman–Crippen MR) is 363 cm³/mol. The number of aliphatic hydroxyl groups is 1. The van der Waals surface area contributed by atoms with Crippen LogP contribution in [0.2, 0.25) is 0 Å². The summed E-state index contributed by atoms with van der Waals surface area (Å²) in [5, 5.41) is 10.6. The third-order valence-electron chi connectivity index (χ3n) is 16.5. The largest absolute Gasteiger partial charge is 0.472 e. The minimum atomic E-state index is -4.95. The summed E-state index contributed by atoms with van der Waals surface area (Å²) in [6.45, 7) is 9.52. The van der Waals surface area contributed by atoms with E-state index in [0.717, 1.165) is 108 Å². The summed E-state index contributed by atoms with van der Waals surface area (Å²) in [6.07, 6.45) is 48.8. The third kappa shape index (κ3) is 64.8. The van der Waals surface area contributed by atoms with Gasteiger partial charge in [0.05, 0.1) is 26.4 Å². The van der Waals surface area contributed by atoms with E-state index in [-0.39, 0.29) is 25.7 Å². The van der Waals surface area contributed by atoms with Crippen LogP contribution in [0.4, 0.5) is 0 Å². The number of phosphoric ester groups is 2. The zero-order valence-electron chi connectivity index (χ0n) is 58.4. The first-order valence-corrected chi connectivity index (χ1v) is 40.0. The van der Waals surface area contributed by atoms with Crippen LogP contribution < -0.4 is 0 Å². The topological polar surface area (TPSA) is 237 Å². The Labute approximate surface area is 549 Å². The lowest BCUT2D eigenvalue weighted by Crippen LogP contribution is -2.30. The number of hydrogen-bond acceptors (Lipinski definition) is 15. The third-order valence-corrected chi connectivity index (χ3v) is 18.4. The van der Waals surface area contributed by atoms with Crippen molar-refractivity contribution in [2.75, 3.05) is 39.6 Å². The van der Waals surface area contributed by atoms with Crippen LogP contribution >= 0.6 is 15.6 Å². The van der Waals surface area contributed by atoms with Crippen molar-refractivity contribution in [2.45, 2.75) is 381 Å². The molecular formula is C71H138O17P2. The van der Waals surface area contributed by atoms with E-state index in [4.69, 9.17) is 37.0 Å². The van der Waals surface area contributed by atoms with Crippen molar-refractivity contribution in [3.05, 3.63) is 0 Å². The van der Waals surface area contributed by atoms with Crippen LogP contribution in [0.15, 0.2) is 0 Å². The quantitative estimate of drug-likeness (QED) is 0.0222. The van der Waals surface area contributed by atoms with E-state index in [1.807, 2.05) is 0 Å². The molecule has 0 saturated carbocycles. The Balaban J connectivity index is 5.14. The van der Waals surface area contributed by atoms with Crippen molar-refractivity contribution >= 4 is 39.5 Å². The Morgan fingerprint density at radius 1 is 0.300 bits per heavy atom. The van der Waals surface area contributed by atoms with Crippen molar-refractivity contribution in [3.63, 3.8) is 0 Å². The normalized spacial score (nSPS) is 14.1. The first-order chi connectivity index (χ1) is 43.4. The van der Waals surface area contributed by atoms with Crippen LogP contribution in [-0.4, -0.2) is 96.7 Å². The van der Waals surface area contributed by atoms with Crippen molar-refractivity contribution in [1.82, 2.24) is 0 Å². The highest BCUT2D eigenvalue weighted by Crippen LogP contribution is 2.45. The number of carbonyl (C=O) groups is 4. The molecule has 0 saturated heterocycles. The molecule has 0 amide bonds. The van der Waals surface area contributed by atoms with Gasteiger partial charge in [-0.1, -0.05) is 311 Å². The number of hydrogen-bond donors (Lipinski definition) is 3. The Bertz CT molecular complexity index is 1750. The van der Waals surface area contributed by atoms with Crippen LogP contribution in [0.5, 0.6) is 0 Å². The second-order valence-corrected chi connectivity index (χ2v) is 29.5. The van der Waals surface area contributed by atoms with Crippen LogP contribution in [0.1, 0.15) is 363 Å². The Hall–Kier alpha value is -1.94. The molecule has 0 radical (unpaired) electrons. The van der Waals surface area contributed by atoms with Gasteiger partial charge in [-0.05, 0) is 37.5 Å². The standard InChI is InChI=1S/C71H138O17P2/c1-7-9-11-13-15-17-29-37-43-49-55-70(75)87-66(59-81-68(73)53-47-41-35-16-14-12-10-8-2)61-85-89(77,78)83-57-65(72)58-84-90(79,80)86-62-67(60-82-69(74)54-48-42-36-32-31-34-40-46-52-64(5)6)88-71(76)56-50-44-38-30-27-25-23-21-19-18-20-22-24-26-28-33-39-45-51-63(3)4/h63-67,72H,7-62H2,1-6H3,(H,77,78)(H,79,80)/t65-,66+,67+/m0/s1. The lowest BCUT2D eigenvalue weighted by molar-refractivity contribution is -0.161. The highest BCUT2D eigenvalue weighted by Gasteiger charge is 2.30. The first kappa shape index (κ1) is 88.1. The van der Waals surface area contributed by atoms with Crippen LogP contribution in [0.3, 0.4) is 0 Å². The summed E-state index contributed by atoms with van der Waals surface area (Å²) >= 11 is 0. The fourth-order valence-electron chi connectivity index (χ4n) is 10.8. The highest BCUT2D eigenvalue weighted by atomic mass is 31.2. The predicted octanol–water partition coefficient (Wildman–Crippen LogP) is 20.4. The van der Waals surface area contributed by atoms with Crippen LogP contribution in [0.25, 0.3) is 0 Å². The number of esters is 4. The fourth-order valence-corrected chi connectivity index (χ4v) is 12.3. The van der Waals surface area contributed by atoms with Crippen molar-refractivity contribution in [2.24, 2.45) is 11.8 Å². The summed E-state index contributed by atoms with van der Waals surface area (Å²) in [5.41, 5.74) is 0. The van der Waals surface area contributed by atoms with E-state index in [1.165, 1.54) is 173 Å². The molecule has 0 heterocycles. The second-order valence-electron chi connectivity index (χ2n) is 26.6. The summed E-state index contributed by atoms with van der Waals surface area (Å²) < 4.78 is 68.2. The Kier molecular flexibility index (Phi) is 61.8. The molecule has 5 atom stereocenters. The number of carbonyl (C=O) groups excluding carboxylic acids is 4. The van der Waals surface area contributed by atoms with Gasteiger partial charge in [-0.2, -0.15) is 0 Å². The zero-order chi connectivity index (χ0) is 66.5. The second kappa shape index (κ2) is 63.1. The molecule has 0 spiro atoms. The van der Waals surface area contributed by atoms with Gasteiger partial charge in [-0.15, -0.1) is 0 Å². The molecular weight excluding hydrogens is 1190 g/mol. The molecule has 0 rings (SSSR count). The molecule has 0 aromatic carbocycles. The highest BCUT2D eigenvalue weighted by molar-refractivity contribution is 7.47. The molecule has 19 heteroatoms. The summed E-state index contributed by atoms with van der Waals surface area (Å²) in [7, 11) is -9.89. The van der Waals surface area contributed by atoms with E-state index in [1.54, 1.807) is 0 Å². The smallest absolute Gasteiger partial charge is 0.462 e. The van der Waals surface area contributed by atoms with Gasteiger partial charge in [0, 0.05) is 25.7 Å². The fraction of sp³-hybridized carbons (Fsp3) is 0.944. The lowest BCUT2D eigenvalue weighted by atomic mass is 10.0. The number of unbranched alkanes of at least 4 members (excludes halogenated alkanes) is 40. The summed E-state index contributed by atoms with van der Waals surface area (Å²) in [4.78, 5) is 72.4. The van der Waals surface area contributed by atoms with Gasteiger partial charge in [0.2, 0.25) is 0 Å². The zero-order valence-corrected chi connectivity index (χ0v) is 60.2. The minimum Gasteiger partial charge on any atom is -0.462 e. The maximum absolute atomic E-state index is 13.0. The monoisotopic (exact) mass is 1320 g/mol. The average molecular weight is 1330 g/mol. The molecule has 2 unspecified atom stereocenters. The number of phosphoric acid groups is 2. The Morgan fingerprint density at radius 3 is 0.756 bits per heavy atom. The van der Waals surface area contributed by atoms with Gasteiger partial charge < -0.3 is 33.8 Å². The maximum Gasteiger partial charge on any atom is 0.472 e. The molecule has 534 valence electrons. The molecule has 0 fully saturated rings. The van der Waals surface area contributed by atoms with Crippen LogP contribution in [-0.2, 0) is 65.4 Å². The Morgan fingerprint density at radius 2 is 0.511 bits per heavy atom. The molecule has 3 N–H and O–H groups in total. The molecule has 0 bridgehead atoms. The van der Waals surface area contributed by atoms with E-state index in [2.05, 4.69) is 41.5 Å². The van der Waals surface area contributed by atoms with Crippen molar-refractivity contribution < 1.29 is 80.2 Å². The molecule has 0 aliphatic rings. The average Bonchev–Trinajstić information content (AvgIpc) is 2.73. The number of ether oxygens (including phenoxy) is 4. The summed E-state index contributed by atoms with van der Waals surface area (Å²) in [6, 6.07) is 0. The van der Waals surface area contributed by atoms with E-state index < -0.39 is 97.5 Å². The van der Waals surface area contributed by atoms with Gasteiger partial charge in [0.25, 0.3) is 0 Å². The summed E-state index contributed by atoms with van der Waals surface area (Å²) in [5.74, 6) is -0.581. The van der Waals surface area contributed by atoms with Crippen molar-refractivity contribution in [1.29, 1.82) is 0 Å². The van der Waals surface area contributed by atoms with Crippen molar-refractivity contribution in [3.8, 4) is 0 Å². The van der Waals surface area contributed by atoms with E-state index in [9.17, 15) is 43.2 Å². The van der Waals surface area contributed by atoms with E-state index >= 15 is 0 Å². The van der Waals surface area contributed by atoms with Gasteiger partial charge in [0.1, 0.15) is 19.3 Å². The number of rotatable bonds is 70. The van der Waals surface area contributed by atoms with Crippen LogP contribution in [0, 0.1) is 11.8 Å². The minimum absolute atomic E-state index is 0.106. The molecule has 17 nitrogen and oxygen atoms in total. The maximum atomic E-state index is 13.0. The lowest BCUT2D eigenvalue weighted by Gasteiger charge is -2.21. The first-order valence-electron chi connectivity index (χ1n) is 37.0. The number of aliphatic hydroxyl groups excluding tert-OH is 1. The van der Waals surface area contributed by atoms with Gasteiger partial charge >= 0.3 is 39.5 Å². The van der Waals surface area contributed by atoms with Gasteiger partial charge in [-0.3, -0.25) is 37.3 Å². The molecule has 0 aliphatic carbocycles. The van der Waals surface area contributed by atoms with Gasteiger partial charge in [0.15, 0.2) is 12.2 Å². The molecule has 90 heavy (non-hydrogen) atoms.